The van der Waals surface area contributed by atoms with Gasteiger partial charge >= 0.3 is 6.03 Å². The van der Waals surface area contributed by atoms with Crippen LogP contribution in [-0.2, 0) is 14.8 Å². The van der Waals surface area contributed by atoms with Crippen LogP contribution in [0.5, 0.6) is 0 Å². The van der Waals surface area contributed by atoms with E-state index in [9.17, 15) is 18.0 Å². The molecular formula is C18H24N4O4S. The molecule has 146 valence electrons. The molecule has 27 heavy (non-hydrogen) atoms. The predicted molar refractivity (Wildman–Crippen MR) is 100 cm³/mol. The highest BCUT2D eigenvalue weighted by molar-refractivity contribution is 7.89. The topological polar surface area (TPSA) is 108 Å². The minimum Gasteiger partial charge on any atom is -0.349 e. The number of benzene rings is 1. The molecule has 0 bridgehead atoms. The maximum Gasteiger partial charge on any atom is 0.319 e. The SMILES string of the molecule is CC1=C(C(=O)NC2CCN(S(=O)(=O)c3ccccc3)CC2)[C@@H](C)NC(=O)N1. The van der Waals surface area contributed by atoms with E-state index in [0.717, 1.165) is 0 Å². The van der Waals surface area contributed by atoms with Crippen LogP contribution in [0.4, 0.5) is 4.79 Å². The number of nitrogens with one attached hydrogen (secondary N) is 3. The first-order chi connectivity index (χ1) is 12.8. The molecule has 0 aromatic heterocycles. The van der Waals surface area contributed by atoms with E-state index in [2.05, 4.69) is 16.0 Å². The lowest BCUT2D eigenvalue weighted by Crippen LogP contribution is -2.52. The van der Waals surface area contributed by atoms with Crippen molar-refractivity contribution in [3.05, 3.63) is 41.6 Å². The van der Waals surface area contributed by atoms with Crippen molar-refractivity contribution in [3.8, 4) is 0 Å². The van der Waals surface area contributed by atoms with Gasteiger partial charge in [-0.25, -0.2) is 13.2 Å². The van der Waals surface area contributed by atoms with Crippen LogP contribution >= 0.6 is 0 Å². The highest BCUT2D eigenvalue weighted by atomic mass is 32.2. The number of piperidine rings is 1. The van der Waals surface area contributed by atoms with Gasteiger partial charge in [-0.3, -0.25) is 4.79 Å². The Balaban J connectivity index is 1.61. The van der Waals surface area contributed by atoms with E-state index in [1.807, 2.05) is 0 Å². The Morgan fingerprint density at radius 1 is 1.19 bits per heavy atom. The van der Waals surface area contributed by atoms with Crippen LogP contribution in [0.1, 0.15) is 26.7 Å². The van der Waals surface area contributed by atoms with Gasteiger partial charge in [0.2, 0.25) is 10.0 Å². The van der Waals surface area contributed by atoms with Crippen molar-refractivity contribution in [2.24, 2.45) is 0 Å². The van der Waals surface area contributed by atoms with Gasteiger partial charge in [0, 0.05) is 24.8 Å². The smallest absolute Gasteiger partial charge is 0.319 e. The molecule has 1 aromatic carbocycles. The third kappa shape index (κ3) is 4.14. The Morgan fingerprint density at radius 3 is 2.41 bits per heavy atom. The van der Waals surface area contributed by atoms with Crippen LogP contribution in [0.15, 0.2) is 46.5 Å². The standard InChI is InChI=1S/C18H24N4O4S/c1-12-16(13(2)20-18(24)19-12)17(23)21-14-8-10-22(11-9-14)27(25,26)15-6-4-3-5-7-15/h3-7,12,14H,8-11H2,1-2H3,(H,21,23)(H2,19,20,24)/t12-/m1/s1. The van der Waals surface area contributed by atoms with Gasteiger partial charge in [-0.05, 0) is 38.8 Å². The van der Waals surface area contributed by atoms with Crippen LogP contribution in [0, 0.1) is 0 Å². The van der Waals surface area contributed by atoms with E-state index in [4.69, 9.17) is 0 Å². The summed E-state index contributed by atoms with van der Waals surface area (Å²) in [5.74, 6) is -0.239. The Hall–Kier alpha value is -2.39. The van der Waals surface area contributed by atoms with Crippen molar-refractivity contribution in [1.82, 2.24) is 20.3 Å². The number of carbonyl (C=O) groups is 2. The van der Waals surface area contributed by atoms with Gasteiger partial charge in [-0.2, -0.15) is 4.31 Å². The van der Waals surface area contributed by atoms with Gasteiger partial charge in [0.05, 0.1) is 16.5 Å². The molecule has 3 amide bonds. The fourth-order valence-corrected chi connectivity index (χ4v) is 4.97. The molecular weight excluding hydrogens is 368 g/mol. The van der Waals surface area contributed by atoms with Crippen molar-refractivity contribution in [3.63, 3.8) is 0 Å². The number of urea groups is 1. The minimum absolute atomic E-state index is 0.107. The van der Waals surface area contributed by atoms with Gasteiger partial charge in [-0.15, -0.1) is 0 Å². The molecule has 0 spiro atoms. The minimum atomic E-state index is -3.50. The van der Waals surface area contributed by atoms with Gasteiger partial charge in [0.1, 0.15) is 0 Å². The van der Waals surface area contributed by atoms with Crippen molar-refractivity contribution in [1.29, 1.82) is 0 Å². The Labute approximate surface area is 159 Å². The largest absolute Gasteiger partial charge is 0.349 e. The quantitative estimate of drug-likeness (QED) is 0.708. The summed E-state index contributed by atoms with van der Waals surface area (Å²) < 4.78 is 26.8. The Morgan fingerprint density at radius 2 is 1.81 bits per heavy atom. The summed E-state index contributed by atoms with van der Waals surface area (Å²) in [7, 11) is -3.50. The molecule has 3 rings (SSSR count). The highest BCUT2D eigenvalue weighted by Crippen LogP contribution is 2.21. The Kier molecular flexibility index (Phi) is 5.52. The summed E-state index contributed by atoms with van der Waals surface area (Å²) in [6.07, 6.45) is 1.08. The molecule has 8 nitrogen and oxygen atoms in total. The molecule has 1 saturated heterocycles. The maximum atomic E-state index is 12.7. The van der Waals surface area contributed by atoms with Gasteiger partial charge in [-0.1, -0.05) is 18.2 Å². The third-order valence-corrected chi connectivity index (χ3v) is 6.81. The highest BCUT2D eigenvalue weighted by Gasteiger charge is 2.32. The van der Waals surface area contributed by atoms with Crippen LogP contribution in [0.2, 0.25) is 0 Å². The summed E-state index contributed by atoms with van der Waals surface area (Å²) in [6, 6.07) is 7.55. The molecule has 1 atom stereocenters. The summed E-state index contributed by atoms with van der Waals surface area (Å²) in [6.45, 7) is 4.15. The van der Waals surface area contributed by atoms with Crippen molar-refractivity contribution < 1.29 is 18.0 Å². The van der Waals surface area contributed by atoms with Gasteiger partial charge in [0.25, 0.3) is 5.91 Å². The van der Waals surface area contributed by atoms with Crippen LogP contribution in [-0.4, -0.2) is 49.8 Å². The number of rotatable bonds is 4. The van der Waals surface area contributed by atoms with E-state index in [1.165, 1.54) is 4.31 Å². The van der Waals surface area contributed by atoms with Gasteiger partial charge in [0.15, 0.2) is 0 Å². The molecule has 0 saturated carbocycles. The van der Waals surface area contributed by atoms with E-state index >= 15 is 0 Å². The number of sulfonamides is 1. The maximum absolute atomic E-state index is 12.7. The summed E-state index contributed by atoms with van der Waals surface area (Å²) >= 11 is 0. The Bertz CT molecular complexity index is 859. The van der Waals surface area contributed by atoms with Crippen LogP contribution < -0.4 is 16.0 Å². The predicted octanol–water partition coefficient (Wildman–Crippen LogP) is 0.931. The van der Waals surface area contributed by atoms with Crippen LogP contribution in [0.3, 0.4) is 0 Å². The molecule has 0 unspecified atom stereocenters. The number of hydrogen-bond acceptors (Lipinski definition) is 4. The van der Waals surface area contributed by atoms with Crippen molar-refractivity contribution in [2.45, 2.75) is 43.7 Å². The zero-order valence-electron chi connectivity index (χ0n) is 15.4. The van der Waals surface area contributed by atoms with E-state index in [-0.39, 0.29) is 28.9 Å². The number of allylic oxidation sites excluding steroid dienone is 1. The number of amides is 3. The number of nitrogens with zero attached hydrogens (tertiary/aromatic N) is 1. The van der Waals surface area contributed by atoms with E-state index < -0.39 is 10.0 Å². The number of hydrogen-bond donors (Lipinski definition) is 3. The third-order valence-electron chi connectivity index (χ3n) is 4.90. The second-order valence-corrected chi connectivity index (χ2v) is 8.76. The first-order valence-corrected chi connectivity index (χ1v) is 10.4. The van der Waals surface area contributed by atoms with Crippen molar-refractivity contribution in [2.75, 3.05) is 13.1 Å². The lowest BCUT2D eigenvalue weighted by atomic mass is 10.0. The summed E-state index contributed by atoms with van der Waals surface area (Å²) in [5.41, 5.74) is 1.03. The van der Waals surface area contributed by atoms with Crippen LogP contribution in [0.25, 0.3) is 0 Å². The molecule has 3 N–H and O–H groups in total. The monoisotopic (exact) mass is 392 g/mol. The summed E-state index contributed by atoms with van der Waals surface area (Å²) in [5, 5.41) is 8.24. The van der Waals surface area contributed by atoms with E-state index in [1.54, 1.807) is 44.2 Å². The zero-order chi connectivity index (χ0) is 19.6. The average Bonchev–Trinajstić information content (AvgIpc) is 2.62. The molecule has 0 aliphatic carbocycles. The van der Waals surface area contributed by atoms with E-state index in [0.29, 0.717) is 37.2 Å². The molecule has 1 aromatic rings. The molecule has 1 fully saturated rings. The lowest BCUT2D eigenvalue weighted by Gasteiger charge is -2.33. The molecule has 2 aliphatic rings. The zero-order valence-corrected chi connectivity index (χ0v) is 16.2. The molecule has 9 heteroatoms. The molecule has 2 aliphatic heterocycles. The lowest BCUT2D eigenvalue weighted by molar-refractivity contribution is -0.118. The van der Waals surface area contributed by atoms with Crippen molar-refractivity contribution >= 4 is 22.0 Å². The normalized spacial score (nSPS) is 22.1. The average molecular weight is 392 g/mol. The second kappa shape index (κ2) is 7.69. The molecule has 2 heterocycles. The first-order valence-electron chi connectivity index (χ1n) is 8.93. The first kappa shape index (κ1) is 19.4. The summed E-state index contributed by atoms with van der Waals surface area (Å²) in [4.78, 5) is 24.3. The molecule has 0 radical (unpaired) electrons. The second-order valence-electron chi connectivity index (χ2n) is 6.82. The number of carbonyl (C=O) groups excluding carboxylic acids is 2. The van der Waals surface area contributed by atoms with Gasteiger partial charge < -0.3 is 16.0 Å². The fourth-order valence-electron chi connectivity index (χ4n) is 3.48. The fraction of sp³-hybridized carbons (Fsp3) is 0.444.